The van der Waals surface area contributed by atoms with Gasteiger partial charge >= 0.3 is 6.18 Å². The molecule has 3 aromatic rings. The lowest BCUT2D eigenvalue weighted by molar-refractivity contribution is -0.197. The van der Waals surface area contributed by atoms with Gasteiger partial charge in [-0.05, 0) is 39.5 Å². The van der Waals surface area contributed by atoms with Crippen LogP contribution in [0.3, 0.4) is 0 Å². The highest BCUT2D eigenvalue weighted by molar-refractivity contribution is 5.80. The molecule has 7 nitrogen and oxygen atoms in total. The molecule has 3 fully saturated rings. The number of pyridine rings is 1. The summed E-state index contributed by atoms with van der Waals surface area (Å²) >= 11 is 0. The number of fused-ring (bicyclic) bond motifs is 1. The van der Waals surface area contributed by atoms with Crippen LogP contribution in [0.5, 0.6) is 0 Å². The van der Waals surface area contributed by atoms with E-state index in [4.69, 9.17) is 14.7 Å². The topological polar surface area (TPSA) is 69.0 Å². The highest BCUT2D eigenvalue weighted by Crippen LogP contribution is 2.50. The summed E-state index contributed by atoms with van der Waals surface area (Å²) in [6.45, 7) is 5.55. The van der Waals surface area contributed by atoms with Gasteiger partial charge < -0.3 is 9.64 Å². The third-order valence-corrected chi connectivity index (χ3v) is 7.37. The Morgan fingerprint density at radius 3 is 2.56 bits per heavy atom. The van der Waals surface area contributed by atoms with E-state index in [0.717, 1.165) is 22.8 Å². The molecule has 0 radical (unpaired) electrons. The normalized spacial score (nSPS) is 25.6. The summed E-state index contributed by atoms with van der Waals surface area (Å²) in [5, 5.41) is 4.49. The van der Waals surface area contributed by atoms with E-state index in [9.17, 15) is 13.2 Å². The molecular weight excluding hydrogens is 445 g/mol. The van der Waals surface area contributed by atoms with Gasteiger partial charge in [0, 0.05) is 36.8 Å². The van der Waals surface area contributed by atoms with Crippen molar-refractivity contribution in [3.63, 3.8) is 0 Å². The van der Waals surface area contributed by atoms with Crippen LogP contribution in [-0.2, 0) is 4.74 Å². The minimum Gasteiger partial charge on any atom is -0.370 e. The van der Waals surface area contributed by atoms with Gasteiger partial charge in [-0.2, -0.15) is 18.3 Å². The standard InChI is InChI=1S/C24H27F3N6O/c1-13-14(2)30-23-19(29-13)9-21(31-22(23)15-7-17(8-15)24(25,26)27)32-5-6-34-20(12-32)16-10-28-33(11-16)18-3-4-18/h9-11,15,17-18,20H,3-8,12H2,1-2H3/t15-,17-,20-/m0/s1. The van der Waals surface area contributed by atoms with Crippen LogP contribution in [0.15, 0.2) is 18.5 Å². The summed E-state index contributed by atoms with van der Waals surface area (Å²) in [5.41, 5.74) is 4.55. The first-order valence-corrected chi connectivity index (χ1v) is 11.9. The molecule has 2 saturated carbocycles. The van der Waals surface area contributed by atoms with Gasteiger partial charge in [-0.3, -0.25) is 4.68 Å². The van der Waals surface area contributed by atoms with Crippen LogP contribution in [0, 0.1) is 19.8 Å². The zero-order chi connectivity index (χ0) is 23.6. The van der Waals surface area contributed by atoms with Gasteiger partial charge in [0.1, 0.15) is 17.4 Å². The number of hydrogen-bond acceptors (Lipinski definition) is 6. The molecule has 0 aromatic carbocycles. The van der Waals surface area contributed by atoms with Crippen molar-refractivity contribution in [1.82, 2.24) is 24.7 Å². The van der Waals surface area contributed by atoms with Crippen LogP contribution < -0.4 is 4.90 Å². The minimum atomic E-state index is -4.16. The number of alkyl halides is 3. The van der Waals surface area contributed by atoms with E-state index >= 15 is 0 Å². The second kappa shape index (κ2) is 7.90. The fourth-order valence-corrected chi connectivity index (χ4v) is 4.91. The van der Waals surface area contributed by atoms with Gasteiger partial charge in [-0.25, -0.2) is 15.0 Å². The SMILES string of the molecule is Cc1nc2cc(N3CCO[C@H](c4cnn(C5CC5)c4)C3)nc([C@H]3C[C@H](C(F)(F)F)C3)c2nc1C. The fraction of sp³-hybridized carbons (Fsp3) is 0.583. The molecule has 0 spiro atoms. The highest BCUT2D eigenvalue weighted by Gasteiger charge is 2.49. The van der Waals surface area contributed by atoms with E-state index in [1.54, 1.807) is 0 Å². The molecule has 4 heterocycles. The highest BCUT2D eigenvalue weighted by atomic mass is 19.4. The zero-order valence-electron chi connectivity index (χ0n) is 19.2. The van der Waals surface area contributed by atoms with E-state index in [0.29, 0.717) is 42.5 Å². The van der Waals surface area contributed by atoms with E-state index in [2.05, 4.69) is 21.2 Å². The second-order valence-electron chi connectivity index (χ2n) is 9.83. The first-order chi connectivity index (χ1) is 16.3. The van der Waals surface area contributed by atoms with Crippen molar-refractivity contribution in [2.75, 3.05) is 24.6 Å². The minimum absolute atomic E-state index is 0.0513. The second-order valence-corrected chi connectivity index (χ2v) is 9.83. The van der Waals surface area contributed by atoms with Crippen LogP contribution in [0.4, 0.5) is 19.0 Å². The monoisotopic (exact) mass is 472 g/mol. The number of ether oxygens (including phenoxy) is 1. The first kappa shape index (κ1) is 21.8. The predicted octanol–water partition coefficient (Wildman–Crippen LogP) is 4.81. The van der Waals surface area contributed by atoms with Crippen LogP contribution >= 0.6 is 0 Å². The average molecular weight is 473 g/mol. The van der Waals surface area contributed by atoms with Gasteiger partial charge in [-0.1, -0.05) is 0 Å². The predicted molar refractivity (Wildman–Crippen MR) is 120 cm³/mol. The lowest BCUT2D eigenvalue weighted by Crippen LogP contribution is -2.39. The molecule has 3 aliphatic rings. The fourth-order valence-electron chi connectivity index (χ4n) is 4.91. The van der Waals surface area contributed by atoms with E-state index in [1.165, 1.54) is 12.8 Å². The van der Waals surface area contributed by atoms with Crippen molar-refractivity contribution >= 4 is 16.9 Å². The zero-order valence-corrected chi connectivity index (χ0v) is 19.2. The number of rotatable bonds is 4. The third-order valence-electron chi connectivity index (χ3n) is 7.37. The average Bonchev–Trinajstić information content (AvgIpc) is 3.49. The lowest BCUT2D eigenvalue weighted by Gasteiger charge is -2.37. The Morgan fingerprint density at radius 2 is 1.82 bits per heavy atom. The lowest BCUT2D eigenvalue weighted by atomic mass is 9.72. The van der Waals surface area contributed by atoms with Crippen LogP contribution in [0.1, 0.15) is 66.4 Å². The molecule has 10 heteroatoms. The maximum absolute atomic E-state index is 13.2. The molecule has 180 valence electrons. The van der Waals surface area contributed by atoms with E-state index in [1.807, 2.05) is 30.8 Å². The molecule has 1 saturated heterocycles. The summed E-state index contributed by atoms with van der Waals surface area (Å²) in [6.07, 6.45) is 2.07. The van der Waals surface area contributed by atoms with Gasteiger partial charge in [0.2, 0.25) is 0 Å². The number of nitrogens with zero attached hydrogens (tertiary/aromatic N) is 6. The largest absolute Gasteiger partial charge is 0.391 e. The number of aryl methyl sites for hydroxylation is 2. The van der Waals surface area contributed by atoms with Gasteiger partial charge in [-0.15, -0.1) is 0 Å². The number of hydrogen-bond donors (Lipinski definition) is 0. The molecule has 3 aromatic heterocycles. The van der Waals surface area contributed by atoms with Crippen molar-refractivity contribution in [1.29, 1.82) is 0 Å². The van der Waals surface area contributed by atoms with Crippen molar-refractivity contribution < 1.29 is 17.9 Å². The number of aromatic nitrogens is 5. The molecule has 2 aliphatic carbocycles. The van der Waals surface area contributed by atoms with Crippen LogP contribution in [0.2, 0.25) is 0 Å². The molecule has 1 atom stereocenters. The Bertz CT molecular complexity index is 1230. The summed E-state index contributed by atoms with van der Waals surface area (Å²) in [5.74, 6) is -0.814. The molecule has 1 aliphatic heterocycles. The maximum atomic E-state index is 13.2. The Labute approximate surface area is 195 Å². The molecule has 6 rings (SSSR count). The van der Waals surface area contributed by atoms with Gasteiger partial charge in [0.25, 0.3) is 0 Å². The third kappa shape index (κ3) is 3.91. The van der Waals surface area contributed by atoms with Crippen molar-refractivity contribution in [2.24, 2.45) is 5.92 Å². The van der Waals surface area contributed by atoms with Crippen molar-refractivity contribution in [3.8, 4) is 0 Å². The number of halogens is 3. The summed E-state index contributed by atoms with van der Waals surface area (Å²) < 4.78 is 47.6. The molecule has 0 amide bonds. The number of anilines is 1. The molecule has 0 bridgehead atoms. The molecule has 34 heavy (non-hydrogen) atoms. The molecular formula is C24H27F3N6O. The molecule has 0 unspecified atom stereocenters. The Balaban J connectivity index is 1.32. The van der Waals surface area contributed by atoms with E-state index < -0.39 is 12.1 Å². The first-order valence-electron chi connectivity index (χ1n) is 11.9. The van der Waals surface area contributed by atoms with Gasteiger partial charge in [0.05, 0.1) is 47.4 Å². The summed E-state index contributed by atoms with van der Waals surface area (Å²) in [4.78, 5) is 16.4. The van der Waals surface area contributed by atoms with Crippen molar-refractivity contribution in [3.05, 3.63) is 41.1 Å². The number of morpholine rings is 1. The quantitative estimate of drug-likeness (QED) is 0.543. The van der Waals surface area contributed by atoms with E-state index in [-0.39, 0.29) is 24.9 Å². The smallest absolute Gasteiger partial charge is 0.370 e. The Hall–Kier alpha value is -2.75. The summed E-state index contributed by atoms with van der Waals surface area (Å²) in [6, 6.07) is 2.42. The Morgan fingerprint density at radius 1 is 1.06 bits per heavy atom. The maximum Gasteiger partial charge on any atom is 0.391 e. The van der Waals surface area contributed by atoms with Crippen LogP contribution in [0.25, 0.3) is 11.0 Å². The van der Waals surface area contributed by atoms with Crippen LogP contribution in [-0.4, -0.2) is 50.6 Å². The van der Waals surface area contributed by atoms with Gasteiger partial charge in [0.15, 0.2) is 0 Å². The molecule has 0 N–H and O–H groups in total. The summed E-state index contributed by atoms with van der Waals surface area (Å²) in [7, 11) is 0. The van der Waals surface area contributed by atoms with Crippen molar-refractivity contribution in [2.45, 2.75) is 63.8 Å². The Kier molecular flexibility index (Phi) is 5.05.